The SMILES string of the molecule is COCc1nc(CC2=C/C=C(c3ccc(Cc4ccccc4)cc3)\C=C\C=C\2)nc(C)c1O. The average molecular weight is 437 g/mol. The van der Waals surface area contributed by atoms with E-state index in [4.69, 9.17) is 4.74 Å². The van der Waals surface area contributed by atoms with Crippen LogP contribution in [0.2, 0.25) is 0 Å². The zero-order valence-electron chi connectivity index (χ0n) is 19.0. The van der Waals surface area contributed by atoms with Crippen molar-refractivity contribution in [2.75, 3.05) is 7.11 Å². The molecule has 4 rings (SSSR count). The van der Waals surface area contributed by atoms with Crippen molar-refractivity contribution in [1.29, 1.82) is 0 Å². The number of allylic oxidation sites excluding steroid dienone is 8. The summed E-state index contributed by atoms with van der Waals surface area (Å²) >= 11 is 0. The Kier molecular flexibility index (Phi) is 7.28. The minimum Gasteiger partial charge on any atom is -0.504 e. The van der Waals surface area contributed by atoms with Gasteiger partial charge in [0.2, 0.25) is 0 Å². The lowest BCUT2D eigenvalue weighted by molar-refractivity contribution is 0.177. The van der Waals surface area contributed by atoms with Crippen LogP contribution in [0.3, 0.4) is 0 Å². The van der Waals surface area contributed by atoms with Gasteiger partial charge in [0, 0.05) is 13.5 Å². The van der Waals surface area contributed by atoms with Crippen molar-refractivity contribution in [3.63, 3.8) is 0 Å². The van der Waals surface area contributed by atoms with Gasteiger partial charge in [-0.05, 0) is 41.2 Å². The van der Waals surface area contributed by atoms with E-state index >= 15 is 0 Å². The molecule has 1 heterocycles. The zero-order chi connectivity index (χ0) is 23.0. The molecule has 1 aliphatic carbocycles. The van der Waals surface area contributed by atoms with Gasteiger partial charge < -0.3 is 9.84 Å². The molecule has 1 N–H and O–H groups in total. The predicted octanol–water partition coefficient (Wildman–Crippen LogP) is 5.91. The van der Waals surface area contributed by atoms with Crippen molar-refractivity contribution in [3.05, 3.63) is 131 Å². The van der Waals surface area contributed by atoms with Crippen LogP contribution in [0, 0.1) is 6.92 Å². The Morgan fingerprint density at radius 2 is 1.55 bits per heavy atom. The summed E-state index contributed by atoms with van der Waals surface area (Å²) in [7, 11) is 1.59. The Bertz CT molecular complexity index is 1220. The molecule has 0 bridgehead atoms. The minimum atomic E-state index is 0.101. The fraction of sp³-hybridized carbons (Fsp3) is 0.172. The highest BCUT2D eigenvalue weighted by Gasteiger charge is 2.11. The number of aromatic hydroxyl groups is 1. The standard InChI is InChI=1S/C29H28N2O2/c1-21-29(32)27(20-33-2)31-28(30-21)19-23-10-6-7-11-25(15-12-23)26-16-13-24(14-17-26)18-22-8-4-3-5-9-22/h3-17,32H,18-20H2,1-2H3/b7-6?,10-6+,11-7+,15-12?,23-10?,23-12+,25-11?,25-15+. The molecule has 0 fully saturated rings. The van der Waals surface area contributed by atoms with Crippen LogP contribution in [0.25, 0.3) is 5.57 Å². The number of aryl methyl sites for hydroxylation is 1. The highest BCUT2D eigenvalue weighted by atomic mass is 16.5. The summed E-state index contributed by atoms with van der Waals surface area (Å²) in [6, 6.07) is 19.3. The van der Waals surface area contributed by atoms with E-state index in [9.17, 15) is 5.11 Å². The molecule has 0 saturated heterocycles. The number of methoxy groups -OCH3 is 1. The van der Waals surface area contributed by atoms with Crippen molar-refractivity contribution >= 4 is 5.57 Å². The number of aromatic nitrogens is 2. The van der Waals surface area contributed by atoms with Gasteiger partial charge >= 0.3 is 0 Å². The van der Waals surface area contributed by atoms with Gasteiger partial charge in [-0.15, -0.1) is 0 Å². The van der Waals surface area contributed by atoms with Crippen molar-refractivity contribution < 1.29 is 9.84 Å². The van der Waals surface area contributed by atoms with Crippen LogP contribution in [0.1, 0.15) is 33.9 Å². The summed E-state index contributed by atoms with van der Waals surface area (Å²) in [6.45, 7) is 2.04. The second-order valence-corrected chi connectivity index (χ2v) is 8.07. The number of hydrogen-bond acceptors (Lipinski definition) is 4. The number of benzene rings is 2. The van der Waals surface area contributed by atoms with Gasteiger partial charge in [-0.25, -0.2) is 9.97 Å². The number of hydrogen-bond donors (Lipinski definition) is 1. The molecule has 4 heteroatoms. The lowest BCUT2D eigenvalue weighted by Crippen LogP contribution is -2.04. The summed E-state index contributed by atoms with van der Waals surface area (Å²) < 4.78 is 5.15. The molecule has 0 radical (unpaired) electrons. The monoisotopic (exact) mass is 436 g/mol. The first-order valence-corrected chi connectivity index (χ1v) is 11.1. The van der Waals surface area contributed by atoms with Gasteiger partial charge in [0.15, 0.2) is 5.75 Å². The van der Waals surface area contributed by atoms with Gasteiger partial charge in [0.25, 0.3) is 0 Å². The molecular formula is C29H28N2O2. The van der Waals surface area contributed by atoms with Crippen LogP contribution < -0.4 is 0 Å². The third-order valence-electron chi connectivity index (χ3n) is 5.53. The van der Waals surface area contributed by atoms with E-state index in [1.807, 2.05) is 12.1 Å². The fourth-order valence-electron chi connectivity index (χ4n) is 3.79. The topological polar surface area (TPSA) is 55.2 Å². The van der Waals surface area contributed by atoms with E-state index in [1.165, 1.54) is 16.7 Å². The van der Waals surface area contributed by atoms with Crippen LogP contribution >= 0.6 is 0 Å². The Balaban J connectivity index is 1.52. The van der Waals surface area contributed by atoms with Crippen molar-refractivity contribution in [1.82, 2.24) is 9.97 Å². The number of ether oxygens (including phenoxy) is 1. The Morgan fingerprint density at radius 1 is 0.818 bits per heavy atom. The van der Waals surface area contributed by atoms with E-state index in [0.29, 0.717) is 23.6 Å². The van der Waals surface area contributed by atoms with Gasteiger partial charge in [-0.2, -0.15) is 0 Å². The number of rotatable bonds is 7. The molecule has 3 aromatic rings. The molecule has 4 nitrogen and oxygen atoms in total. The molecule has 0 atom stereocenters. The van der Waals surface area contributed by atoms with Crippen LogP contribution in [0.4, 0.5) is 0 Å². The summed E-state index contributed by atoms with van der Waals surface area (Å²) in [6.07, 6.45) is 14.0. The lowest BCUT2D eigenvalue weighted by atomic mass is 9.98. The van der Waals surface area contributed by atoms with Crippen molar-refractivity contribution in [2.45, 2.75) is 26.4 Å². The summed E-state index contributed by atoms with van der Waals surface area (Å²) in [5.74, 6) is 0.765. The summed E-state index contributed by atoms with van der Waals surface area (Å²) in [5.41, 5.74) is 7.10. The largest absolute Gasteiger partial charge is 0.504 e. The lowest BCUT2D eigenvalue weighted by Gasteiger charge is -2.10. The molecule has 0 spiro atoms. The van der Waals surface area contributed by atoms with E-state index < -0.39 is 0 Å². The molecule has 0 aliphatic heterocycles. The van der Waals surface area contributed by atoms with E-state index in [0.717, 1.165) is 17.6 Å². The zero-order valence-corrected chi connectivity index (χ0v) is 19.0. The van der Waals surface area contributed by atoms with Gasteiger partial charge in [0.1, 0.15) is 11.5 Å². The summed E-state index contributed by atoms with van der Waals surface area (Å²) in [5, 5.41) is 10.2. The smallest absolute Gasteiger partial charge is 0.160 e. The van der Waals surface area contributed by atoms with E-state index in [-0.39, 0.29) is 12.4 Å². The molecule has 0 saturated carbocycles. The minimum absolute atomic E-state index is 0.101. The second kappa shape index (κ2) is 10.7. The van der Waals surface area contributed by atoms with Gasteiger partial charge in [-0.1, -0.05) is 91.1 Å². The predicted molar refractivity (Wildman–Crippen MR) is 133 cm³/mol. The fourth-order valence-corrected chi connectivity index (χ4v) is 3.79. The quantitative estimate of drug-likeness (QED) is 0.500. The molecule has 1 aliphatic rings. The first-order valence-electron chi connectivity index (χ1n) is 11.1. The molecular weight excluding hydrogens is 408 g/mol. The normalized spacial score (nSPS) is 18.4. The van der Waals surface area contributed by atoms with Crippen molar-refractivity contribution in [3.8, 4) is 5.75 Å². The molecule has 0 amide bonds. The first-order chi connectivity index (χ1) is 16.1. The van der Waals surface area contributed by atoms with Gasteiger partial charge in [-0.3, -0.25) is 0 Å². The maximum atomic E-state index is 10.2. The Morgan fingerprint density at radius 3 is 2.30 bits per heavy atom. The first kappa shape index (κ1) is 22.4. The molecule has 2 aromatic carbocycles. The summed E-state index contributed by atoms with van der Waals surface area (Å²) in [4.78, 5) is 8.95. The van der Waals surface area contributed by atoms with E-state index in [2.05, 4.69) is 88.9 Å². The van der Waals surface area contributed by atoms with Crippen LogP contribution in [0.5, 0.6) is 5.75 Å². The maximum Gasteiger partial charge on any atom is 0.160 e. The highest BCUT2D eigenvalue weighted by Crippen LogP contribution is 2.23. The third-order valence-corrected chi connectivity index (χ3v) is 5.53. The highest BCUT2D eigenvalue weighted by molar-refractivity contribution is 5.76. The van der Waals surface area contributed by atoms with Crippen LogP contribution in [0.15, 0.2) is 96.6 Å². The van der Waals surface area contributed by atoms with Gasteiger partial charge in [0.05, 0.1) is 12.3 Å². The second-order valence-electron chi connectivity index (χ2n) is 8.07. The average Bonchev–Trinajstić information content (AvgIpc) is 2.81. The van der Waals surface area contributed by atoms with Crippen LogP contribution in [-0.2, 0) is 24.2 Å². The molecule has 1 aromatic heterocycles. The maximum absolute atomic E-state index is 10.2. The number of nitrogens with zero attached hydrogens (tertiary/aromatic N) is 2. The van der Waals surface area contributed by atoms with Crippen LogP contribution in [-0.4, -0.2) is 22.2 Å². The van der Waals surface area contributed by atoms with Crippen molar-refractivity contribution in [2.24, 2.45) is 0 Å². The Hall–Kier alpha value is -3.76. The molecule has 166 valence electrons. The van der Waals surface area contributed by atoms with E-state index in [1.54, 1.807) is 14.0 Å². The Labute approximate surface area is 195 Å². The molecule has 0 unspecified atom stereocenters. The third kappa shape index (κ3) is 5.93. The molecule has 33 heavy (non-hydrogen) atoms.